The van der Waals surface area contributed by atoms with Crippen molar-refractivity contribution in [2.45, 2.75) is 18.4 Å². The quantitative estimate of drug-likeness (QED) is 0.773. The maximum Gasteiger partial charge on any atom is 0.272 e. The smallest absolute Gasteiger partial charge is 0.272 e. The van der Waals surface area contributed by atoms with E-state index in [0.29, 0.717) is 6.54 Å². The van der Waals surface area contributed by atoms with E-state index < -0.39 is 12.0 Å². The molecule has 0 aliphatic carbocycles. The molecular formula is C8H11ClF2N4. The summed E-state index contributed by atoms with van der Waals surface area (Å²) in [5.41, 5.74) is 5.68. The van der Waals surface area contributed by atoms with E-state index >= 15 is 0 Å². The molecule has 0 aromatic carbocycles. The average molecular weight is 237 g/mol. The number of hydrogen-bond donors (Lipinski definition) is 2. The summed E-state index contributed by atoms with van der Waals surface area (Å²) in [5, 5.41) is 6.73. The molecule has 1 fully saturated rings. The molecule has 0 amide bonds. The van der Waals surface area contributed by atoms with Crippen LogP contribution in [0.2, 0.25) is 5.15 Å². The maximum absolute atomic E-state index is 13.5. The van der Waals surface area contributed by atoms with Crippen LogP contribution < -0.4 is 11.1 Å². The minimum absolute atomic E-state index is 0.0726. The zero-order valence-electron chi connectivity index (χ0n) is 7.88. The van der Waals surface area contributed by atoms with Crippen molar-refractivity contribution in [1.82, 2.24) is 15.1 Å². The van der Waals surface area contributed by atoms with Gasteiger partial charge in [-0.2, -0.15) is 5.10 Å². The Morgan fingerprint density at radius 3 is 2.93 bits per heavy atom. The third-order valence-corrected chi connectivity index (χ3v) is 2.91. The van der Waals surface area contributed by atoms with Crippen molar-refractivity contribution in [2.24, 2.45) is 0 Å². The van der Waals surface area contributed by atoms with Gasteiger partial charge >= 0.3 is 0 Å². The molecule has 15 heavy (non-hydrogen) atoms. The molecule has 1 aliphatic heterocycles. The standard InChI is InChI=1S/C8H11ClF2N4/c9-7-5(12)3-14-15(7)6-4-13-2-1-8(6,10)11/h3,6,13H,1-2,4,12H2. The first kappa shape index (κ1) is 10.6. The molecule has 0 saturated carbocycles. The van der Waals surface area contributed by atoms with Gasteiger partial charge in [-0.15, -0.1) is 0 Å². The minimum atomic E-state index is -2.80. The van der Waals surface area contributed by atoms with Crippen molar-refractivity contribution in [3.63, 3.8) is 0 Å². The van der Waals surface area contributed by atoms with E-state index in [9.17, 15) is 8.78 Å². The van der Waals surface area contributed by atoms with Crippen molar-refractivity contribution in [3.8, 4) is 0 Å². The van der Waals surface area contributed by atoms with Crippen LogP contribution in [0.15, 0.2) is 6.20 Å². The van der Waals surface area contributed by atoms with Gasteiger partial charge in [0.2, 0.25) is 0 Å². The molecule has 1 unspecified atom stereocenters. The lowest BCUT2D eigenvalue weighted by Crippen LogP contribution is -2.46. The summed E-state index contributed by atoms with van der Waals surface area (Å²) in [4.78, 5) is 0. The van der Waals surface area contributed by atoms with Crippen LogP contribution in [0.5, 0.6) is 0 Å². The second-order valence-corrected chi connectivity index (χ2v) is 3.92. The molecule has 3 N–H and O–H groups in total. The third-order valence-electron chi connectivity index (χ3n) is 2.52. The minimum Gasteiger partial charge on any atom is -0.395 e. The molecule has 4 nitrogen and oxygen atoms in total. The van der Waals surface area contributed by atoms with Gasteiger partial charge in [-0.3, -0.25) is 0 Å². The Morgan fingerprint density at radius 2 is 2.40 bits per heavy atom. The predicted molar refractivity (Wildman–Crippen MR) is 53.1 cm³/mol. The van der Waals surface area contributed by atoms with Crippen LogP contribution in [0.3, 0.4) is 0 Å². The van der Waals surface area contributed by atoms with E-state index in [0.717, 1.165) is 4.68 Å². The number of alkyl halides is 2. The molecule has 2 rings (SSSR count). The highest BCUT2D eigenvalue weighted by Crippen LogP contribution is 2.36. The summed E-state index contributed by atoms with van der Waals surface area (Å²) in [6, 6.07) is -1.06. The van der Waals surface area contributed by atoms with Crippen molar-refractivity contribution >= 4 is 17.3 Å². The molecule has 1 aromatic rings. The summed E-state index contributed by atoms with van der Waals surface area (Å²) < 4.78 is 28.2. The number of rotatable bonds is 1. The Labute approximate surface area is 90.4 Å². The third kappa shape index (κ3) is 1.79. The fraction of sp³-hybridized carbons (Fsp3) is 0.625. The molecule has 1 aromatic heterocycles. The monoisotopic (exact) mass is 236 g/mol. The number of piperidine rings is 1. The van der Waals surface area contributed by atoms with Gasteiger partial charge in [-0.05, 0) is 0 Å². The van der Waals surface area contributed by atoms with Gasteiger partial charge in [-0.1, -0.05) is 11.6 Å². The average Bonchev–Trinajstić information content (AvgIpc) is 2.48. The fourth-order valence-corrected chi connectivity index (χ4v) is 1.86. The fourth-order valence-electron chi connectivity index (χ4n) is 1.65. The summed E-state index contributed by atoms with van der Waals surface area (Å²) in [7, 11) is 0. The van der Waals surface area contributed by atoms with E-state index in [1.807, 2.05) is 0 Å². The lowest BCUT2D eigenvalue weighted by molar-refractivity contribution is -0.0745. The van der Waals surface area contributed by atoms with Gasteiger partial charge in [0.25, 0.3) is 5.92 Å². The van der Waals surface area contributed by atoms with Crippen molar-refractivity contribution in [2.75, 3.05) is 18.8 Å². The Kier molecular flexibility index (Phi) is 2.56. The highest BCUT2D eigenvalue weighted by molar-refractivity contribution is 6.32. The Morgan fingerprint density at radius 1 is 1.67 bits per heavy atom. The second kappa shape index (κ2) is 3.61. The number of nitrogens with two attached hydrogens (primary N) is 1. The summed E-state index contributed by atoms with van der Waals surface area (Å²) in [6.07, 6.45) is 1.07. The van der Waals surface area contributed by atoms with Crippen LogP contribution in [-0.2, 0) is 0 Å². The van der Waals surface area contributed by atoms with Crippen LogP contribution in [-0.4, -0.2) is 28.8 Å². The van der Waals surface area contributed by atoms with Gasteiger partial charge in [0.05, 0.1) is 11.9 Å². The molecule has 0 spiro atoms. The van der Waals surface area contributed by atoms with Crippen molar-refractivity contribution in [1.29, 1.82) is 0 Å². The topological polar surface area (TPSA) is 55.9 Å². The zero-order valence-corrected chi connectivity index (χ0v) is 8.64. The van der Waals surface area contributed by atoms with Gasteiger partial charge in [0.1, 0.15) is 6.04 Å². The largest absolute Gasteiger partial charge is 0.395 e. The number of aromatic nitrogens is 2. The predicted octanol–water partition coefficient (Wildman–Crippen LogP) is 1.29. The molecular weight excluding hydrogens is 226 g/mol. The van der Waals surface area contributed by atoms with Crippen molar-refractivity contribution < 1.29 is 8.78 Å². The highest BCUT2D eigenvalue weighted by atomic mass is 35.5. The molecule has 7 heteroatoms. The van der Waals surface area contributed by atoms with E-state index in [4.69, 9.17) is 17.3 Å². The maximum atomic E-state index is 13.5. The van der Waals surface area contributed by atoms with E-state index in [1.54, 1.807) is 0 Å². The summed E-state index contributed by atoms with van der Waals surface area (Å²) in [5.74, 6) is -2.80. The van der Waals surface area contributed by atoms with Crippen molar-refractivity contribution in [3.05, 3.63) is 11.3 Å². The lowest BCUT2D eigenvalue weighted by Gasteiger charge is -2.32. The van der Waals surface area contributed by atoms with E-state index in [1.165, 1.54) is 6.20 Å². The number of anilines is 1. The van der Waals surface area contributed by atoms with Gasteiger partial charge in [0, 0.05) is 19.5 Å². The van der Waals surface area contributed by atoms with Gasteiger partial charge < -0.3 is 11.1 Å². The second-order valence-electron chi connectivity index (χ2n) is 3.57. The molecule has 1 saturated heterocycles. The number of nitrogens with zero attached hydrogens (tertiary/aromatic N) is 2. The Hall–Kier alpha value is -0.880. The first-order valence-electron chi connectivity index (χ1n) is 4.59. The van der Waals surface area contributed by atoms with Crippen LogP contribution in [0.1, 0.15) is 12.5 Å². The highest BCUT2D eigenvalue weighted by Gasteiger charge is 2.44. The van der Waals surface area contributed by atoms with Crippen LogP contribution in [0.4, 0.5) is 14.5 Å². The summed E-state index contributed by atoms with van der Waals surface area (Å²) >= 11 is 5.78. The van der Waals surface area contributed by atoms with E-state index in [2.05, 4.69) is 10.4 Å². The van der Waals surface area contributed by atoms with Crippen LogP contribution in [0, 0.1) is 0 Å². The van der Waals surface area contributed by atoms with Crippen LogP contribution in [0.25, 0.3) is 0 Å². The molecule has 0 bridgehead atoms. The number of hydrogen-bond acceptors (Lipinski definition) is 3. The normalized spacial score (nSPS) is 25.4. The summed E-state index contributed by atoms with van der Waals surface area (Å²) in [6.45, 7) is 0.450. The van der Waals surface area contributed by atoms with Crippen LogP contribution >= 0.6 is 11.6 Å². The van der Waals surface area contributed by atoms with Gasteiger partial charge in [-0.25, -0.2) is 13.5 Å². The zero-order chi connectivity index (χ0) is 11.1. The van der Waals surface area contributed by atoms with Gasteiger partial charge in [0.15, 0.2) is 5.15 Å². The molecule has 1 aliphatic rings. The number of nitrogens with one attached hydrogen (secondary N) is 1. The number of halogens is 3. The molecule has 1 atom stereocenters. The number of nitrogen functional groups attached to an aromatic ring is 1. The Balaban J connectivity index is 2.33. The lowest BCUT2D eigenvalue weighted by atomic mass is 10.0. The molecule has 0 radical (unpaired) electrons. The molecule has 2 heterocycles. The first-order valence-corrected chi connectivity index (χ1v) is 4.97. The van der Waals surface area contributed by atoms with E-state index in [-0.39, 0.29) is 23.8 Å². The Bertz CT molecular complexity index is 366. The molecule has 84 valence electrons. The SMILES string of the molecule is Nc1cnn(C2CNCCC2(F)F)c1Cl. The first-order chi connectivity index (χ1) is 7.02.